The van der Waals surface area contributed by atoms with Crippen LogP contribution in [0.1, 0.15) is 18.5 Å². The van der Waals surface area contributed by atoms with Crippen molar-refractivity contribution in [1.29, 1.82) is 0 Å². The van der Waals surface area contributed by atoms with Crippen molar-refractivity contribution in [3.05, 3.63) is 70.5 Å². The maximum absolute atomic E-state index is 6.22. The van der Waals surface area contributed by atoms with E-state index in [2.05, 4.69) is 20.6 Å². The van der Waals surface area contributed by atoms with Crippen LogP contribution in [0, 0.1) is 0 Å². The van der Waals surface area contributed by atoms with Crippen molar-refractivity contribution < 1.29 is 0 Å². The van der Waals surface area contributed by atoms with E-state index in [-0.39, 0.29) is 6.04 Å². The highest BCUT2D eigenvalue weighted by Gasteiger charge is 2.12. The summed E-state index contributed by atoms with van der Waals surface area (Å²) in [5.74, 6) is 1.06. The van der Waals surface area contributed by atoms with E-state index in [0.717, 1.165) is 11.3 Å². The highest BCUT2D eigenvalue weighted by Crippen LogP contribution is 2.31. The molecule has 0 spiro atoms. The second-order valence-corrected chi connectivity index (χ2v) is 6.33. The van der Waals surface area contributed by atoms with Crippen molar-refractivity contribution in [3.8, 4) is 0 Å². The monoisotopic (exact) mass is 373 g/mol. The summed E-state index contributed by atoms with van der Waals surface area (Å²) in [5.41, 5.74) is 8.52. The molecule has 7 heteroatoms. The summed E-state index contributed by atoms with van der Waals surface area (Å²) in [6.07, 6.45) is 1.45. The minimum absolute atomic E-state index is 0.0521. The number of nitrogens with zero attached hydrogens (tertiary/aromatic N) is 2. The zero-order valence-corrected chi connectivity index (χ0v) is 15.0. The topological polar surface area (TPSA) is 75.9 Å². The molecule has 0 saturated carbocycles. The van der Waals surface area contributed by atoms with Gasteiger partial charge in [0.25, 0.3) is 0 Å². The third-order valence-electron chi connectivity index (χ3n) is 3.72. The van der Waals surface area contributed by atoms with E-state index in [1.807, 2.05) is 37.3 Å². The second-order valence-electron chi connectivity index (χ2n) is 5.52. The SMILES string of the molecule is CC(Nc1ncnc(Nc2ccc(Cl)c(Cl)c2)c1N)c1ccccc1. The lowest BCUT2D eigenvalue weighted by Gasteiger charge is -2.17. The highest BCUT2D eigenvalue weighted by atomic mass is 35.5. The summed E-state index contributed by atoms with van der Waals surface area (Å²) in [6, 6.07) is 15.3. The molecule has 1 unspecified atom stereocenters. The van der Waals surface area contributed by atoms with Gasteiger partial charge in [-0.2, -0.15) is 0 Å². The standard InChI is InChI=1S/C18H17Cl2N5/c1-11(12-5-3-2-4-6-12)24-17-16(21)18(23-10-22-17)25-13-7-8-14(19)15(20)9-13/h2-11H,21H2,1H3,(H2,22,23,24,25). The molecule has 0 aliphatic rings. The van der Waals surface area contributed by atoms with Crippen LogP contribution in [0.25, 0.3) is 0 Å². The maximum Gasteiger partial charge on any atom is 0.159 e. The maximum atomic E-state index is 6.22. The first-order valence-corrected chi connectivity index (χ1v) is 8.44. The average Bonchev–Trinajstić information content (AvgIpc) is 2.62. The van der Waals surface area contributed by atoms with Crippen LogP contribution >= 0.6 is 23.2 Å². The fourth-order valence-electron chi connectivity index (χ4n) is 2.35. The summed E-state index contributed by atoms with van der Waals surface area (Å²) < 4.78 is 0. The van der Waals surface area contributed by atoms with Crippen LogP contribution in [0.2, 0.25) is 10.0 Å². The Hall–Kier alpha value is -2.50. The van der Waals surface area contributed by atoms with Crippen LogP contribution in [0.4, 0.5) is 23.0 Å². The van der Waals surface area contributed by atoms with E-state index in [4.69, 9.17) is 28.9 Å². The molecule has 25 heavy (non-hydrogen) atoms. The van der Waals surface area contributed by atoms with E-state index in [9.17, 15) is 0 Å². The van der Waals surface area contributed by atoms with Gasteiger partial charge in [-0.15, -0.1) is 0 Å². The number of hydrogen-bond acceptors (Lipinski definition) is 5. The zero-order valence-electron chi connectivity index (χ0n) is 13.5. The molecule has 1 heterocycles. The van der Waals surface area contributed by atoms with Crippen molar-refractivity contribution in [2.24, 2.45) is 0 Å². The van der Waals surface area contributed by atoms with Gasteiger partial charge in [-0.3, -0.25) is 0 Å². The third kappa shape index (κ3) is 4.13. The number of hydrogen-bond donors (Lipinski definition) is 3. The van der Waals surface area contributed by atoms with E-state index in [1.54, 1.807) is 18.2 Å². The Kier molecular flexibility index (Phi) is 5.26. The third-order valence-corrected chi connectivity index (χ3v) is 4.46. The number of aromatic nitrogens is 2. The Bertz CT molecular complexity index is 871. The molecule has 1 atom stereocenters. The molecule has 5 nitrogen and oxygen atoms in total. The second kappa shape index (κ2) is 7.59. The largest absolute Gasteiger partial charge is 0.393 e. The lowest BCUT2D eigenvalue weighted by Crippen LogP contribution is -2.11. The number of halogens is 2. The van der Waals surface area contributed by atoms with Gasteiger partial charge in [-0.1, -0.05) is 53.5 Å². The van der Waals surface area contributed by atoms with E-state index in [0.29, 0.717) is 27.4 Å². The van der Waals surface area contributed by atoms with Crippen LogP contribution < -0.4 is 16.4 Å². The quantitative estimate of drug-likeness (QED) is 0.566. The molecule has 0 radical (unpaired) electrons. The fourth-order valence-corrected chi connectivity index (χ4v) is 2.65. The molecule has 0 bridgehead atoms. The lowest BCUT2D eigenvalue weighted by molar-refractivity contribution is 0.873. The molecule has 0 saturated heterocycles. The molecular formula is C18H17Cl2N5. The first-order chi connectivity index (χ1) is 12.0. The van der Waals surface area contributed by atoms with Crippen molar-refractivity contribution in [1.82, 2.24) is 9.97 Å². The van der Waals surface area contributed by atoms with Crippen molar-refractivity contribution >= 4 is 46.2 Å². The van der Waals surface area contributed by atoms with Crippen LogP contribution in [0.5, 0.6) is 0 Å². The molecular weight excluding hydrogens is 357 g/mol. The molecule has 1 aromatic heterocycles. The van der Waals surface area contributed by atoms with Crippen LogP contribution in [0.15, 0.2) is 54.9 Å². The smallest absolute Gasteiger partial charge is 0.159 e. The van der Waals surface area contributed by atoms with E-state index in [1.165, 1.54) is 6.33 Å². The van der Waals surface area contributed by atoms with Gasteiger partial charge in [0, 0.05) is 5.69 Å². The number of rotatable bonds is 5. The minimum Gasteiger partial charge on any atom is -0.393 e. The van der Waals surface area contributed by atoms with Gasteiger partial charge in [-0.05, 0) is 30.7 Å². The van der Waals surface area contributed by atoms with Crippen molar-refractivity contribution in [2.75, 3.05) is 16.4 Å². The Morgan fingerprint density at radius 1 is 0.960 bits per heavy atom. The van der Waals surface area contributed by atoms with Crippen LogP contribution in [0.3, 0.4) is 0 Å². The Balaban J connectivity index is 1.81. The summed E-state index contributed by atoms with van der Waals surface area (Å²) in [6.45, 7) is 2.04. The fraction of sp³-hybridized carbons (Fsp3) is 0.111. The highest BCUT2D eigenvalue weighted by molar-refractivity contribution is 6.42. The van der Waals surface area contributed by atoms with E-state index < -0.39 is 0 Å². The molecule has 3 rings (SSSR count). The normalized spacial score (nSPS) is 11.8. The molecule has 0 amide bonds. The van der Waals surface area contributed by atoms with Gasteiger partial charge in [0.1, 0.15) is 12.0 Å². The van der Waals surface area contributed by atoms with Crippen LogP contribution in [-0.2, 0) is 0 Å². The number of nitrogens with two attached hydrogens (primary N) is 1. The predicted molar refractivity (Wildman–Crippen MR) is 105 cm³/mol. The average molecular weight is 374 g/mol. The number of anilines is 4. The summed E-state index contributed by atoms with van der Waals surface area (Å²) in [5, 5.41) is 7.39. The number of nitrogens with one attached hydrogen (secondary N) is 2. The molecule has 2 aromatic carbocycles. The van der Waals surface area contributed by atoms with Gasteiger partial charge in [-0.25, -0.2) is 9.97 Å². The predicted octanol–water partition coefficient (Wildman–Crippen LogP) is 5.28. The summed E-state index contributed by atoms with van der Waals surface area (Å²) in [4.78, 5) is 8.45. The van der Waals surface area contributed by atoms with E-state index >= 15 is 0 Å². The molecule has 128 valence electrons. The first kappa shape index (κ1) is 17.3. The summed E-state index contributed by atoms with van der Waals surface area (Å²) in [7, 11) is 0. The minimum atomic E-state index is 0.0521. The Labute approximate surface area is 156 Å². The van der Waals surface area contributed by atoms with Crippen molar-refractivity contribution in [2.45, 2.75) is 13.0 Å². The van der Waals surface area contributed by atoms with Crippen LogP contribution in [-0.4, -0.2) is 9.97 Å². The van der Waals surface area contributed by atoms with Gasteiger partial charge >= 0.3 is 0 Å². The van der Waals surface area contributed by atoms with Gasteiger partial charge in [0.05, 0.1) is 16.1 Å². The number of nitrogen functional groups attached to an aromatic ring is 1. The lowest BCUT2D eigenvalue weighted by atomic mass is 10.1. The molecule has 0 aliphatic carbocycles. The van der Waals surface area contributed by atoms with Gasteiger partial charge in [0.15, 0.2) is 11.6 Å². The summed E-state index contributed by atoms with van der Waals surface area (Å²) >= 11 is 12.0. The van der Waals surface area contributed by atoms with Gasteiger partial charge in [0.2, 0.25) is 0 Å². The molecule has 0 aliphatic heterocycles. The first-order valence-electron chi connectivity index (χ1n) is 7.68. The van der Waals surface area contributed by atoms with Crippen molar-refractivity contribution in [3.63, 3.8) is 0 Å². The Morgan fingerprint density at radius 3 is 2.40 bits per heavy atom. The number of benzene rings is 2. The Morgan fingerprint density at radius 2 is 1.68 bits per heavy atom. The zero-order chi connectivity index (χ0) is 17.8. The molecule has 4 N–H and O–H groups in total. The molecule has 0 fully saturated rings. The molecule has 3 aromatic rings. The van der Waals surface area contributed by atoms with Gasteiger partial charge < -0.3 is 16.4 Å².